The molecule has 2 aliphatic rings. The Balaban J connectivity index is 1.51. The predicted octanol–water partition coefficient (Wildman–Crippen LogP) is 2.39. The summed E-state index contributed by atoms with van der Waals surface area (Å²) in [5, 5.41) is 13.1. The van der Waals surface area contributed by atoms with E-state index in [0.717, 1.165) is 37.3 Å². The summed E-state index contributed by atoms with van der Waals surface area (Å²) in [5.41, 5.74) is 2.49. The molecule has 0 unspecified atom stereocenters. The van der Waals surface area contributed by atoms with Crippen molar-refractivity contribution < 1.29 is 19.4 Å². The second kappa shape index (κ2) is 10.9. The van der Waals surface area contributed by atoms with Crippen LogP contribution < -0.4 is 15.0 Å². The Labute approximate surface area is 212 Å². The zero-order valence-corrected chi connectivity index (χ0v) is 21.7. The van der Waals surface area contributed by atoms with E-state index in [1.165, 1.54) is 5.56 Å². The highest BCUT2D eigenvalue weighted by molar-refractivity contribution is 6.04. The van der Waals surface area contributed by atoms with Crippen LogP contribution in [0.3, 0.4) is 0 Å². The average Bonchev–Trinajstić information content (AvgIpc) is 3.27. The number of amides is 1. The molecule has 1 fully saturated rings. The van der Waals surface area contributed by atoms with E-state index in [2.05, 4.69) is 31.2 Å². The van der Waals surface area contributed by atoms with Gasteiger partial charge in [-0.1, -0.05) is 0 Å². The summed E-state index contributed by atoms with van der Waals surface area (Å²) >= 11 is 0. The Kier molecular flexibility index (Phi) is 7.85. The zero-order chi connectivity index (χ0) is 25.9. The average molecular weight is 497 g/mol. The first kappa shape index (κ1) is 26.0. The third-order valence-corrected chi connectivity index (χ3v) is 6.81. The lowest BCUT2D eigenvalue weighted by Gasteiger charge is -2.33. The summed E-state index contributed by atoms with van der Waals surface area (Å²) in [4.78, 5) is 33.4. The summed E-state index contributed by atoms with van der Waals surface area (Å²) in [6, 6.07) is 5.41. The van der Waals surface area contributed by atoms with E-state index in [1.807, 2.05) is 19.2 Å². The molecule has 0 saturated carbocycles. The Bertz CT molecular complexity index is 1110. The maximum absolute atomic E-state index is 13.0. The van der Waals surface area contributed by atoms with Crippen LogP contribution in [-0.4, -0.2) is 76.2 Å². The number of carbonyl (C=O) groups excluding carboxylic acids is 1. The minimum absolute atomic E-state index is 0.125. The number of nitrogens with one attached hydrogen (secondary N) is 1. The van der Waals surface area contributed by atoms with Gasteiger partial charge in [0, 0.05) is 49.7 Å². The number of methoxy groups -OCH3 is 1. The van der Waals surface area contributed by atoms with E-state index in [-0.39, 0.29) is 17.8 Å². The van der Waals surface area contributed by atoms with Crippen molar-refractivity contribution in [2.45, 2.75) is 64.8 Å². The molecule has 4 heterocycles. The van der Waals surface area contributed by atoms with Crippen LogP contribution in [0.15, 0.2) is 29.4 Å². The number of aromatic nitrogens is 3. The highest BCUT2D eigenvalue weighted by Gasteiger charge is 2.30. The van der Waals surface area contributed by atoms with Gasteiger partial charge in [0.05, 0.1) is 30.5 Å². The lowest BCUT2D eigenvalue weighted by Crippen LogP contribution is -2.47. The molecule has 0 radical (unpaired) electrons. The summed E-state index contributed by atoms with van der Waals surface area (Å²) in [5.74, 6) is 0.609. The summed E-state index contributed by atoms with van der Waals surface area (Å²) in [6.07, 6.45) is 3.38. The Morgan fingerprint density at radius 3 is 2.72 bits per heavy atom. The molecule has 10 heteroatoms. The highest BCUT2D eigenvalue weighted by Crippen LogP contribution is 2.30. The molecular formula is C26H36N6O4. The maximum atomic E-state index is 13.0. The van der Waals surface area contributed by atoms with Crippen LogP contribution in [0.2, 0.25) is 0 Å². The highest BCUT2D eigenvalue weighted by atomic mass is 16.5. The third-order valence-electron chi connectivity index (χ3n) is 6.81. The monoisotopic (exact) mass is 496 g/mol. The molecule has 0 aromatic carbocycles. The molecular weight excluding hydrogens is 460 g/mol. The largest absolute Gasteiger partial charge is 0.458 e. The minimum atomic E-state index is -1.07. The van der Waals surface area contributed by atoms with Crippen molar-refractivity contribution in [1.82, 2.24) is 20.3 Å². The second-order valence-corrected chi connectivity index (χ2v) is 10.1. The number of carbonyl (C=O) groups is 1. The fraction of sp³-hybridized carbons (Fsp3) is 0.577. The van der Waals surface area contributed by atoms with E-state index in [0.29, 0.717) is 24.9 Å². The molecule has 0 bridgehead atoms. The second-order valence-electron chi connectivity index (χ2n) is 10.1. The van der Waals surface area contributed by atoms with E-state index in [4.69, 9.17) is 14.5 Å². The van der Waals surface area contributed by atoms with Crippen molar-refractivity contribution in [3.63, 3.8) is 0 Å². The van der Waals surface area contributed by atoms with E-state index in [1.54, 1.807) is 33.9 Å². The topological polar surface area (TPSA) is 122 Å². The normalized spacial score (nSPS) is 17.8. The van der Waals surface area contributed by atoms with Gasteiger partial charge in [-0.3, -0.25) is 14.8 Å². The number of piperidine rings is 1. The standard InChI is InChI=1S/C26H36N6O4/c1-16(15-35-5)36-25-30-20(24(33)29-17(2)26(3,4)34)13-22(31-25)32-11-8-18(9-12-32)23-19-7-6-10-27-21(19)14-28-23/h6-7,10,13,16-18,34H,8-9,11-12,14-15H2,1-5H3,(H,29,33)/t16-,17-/m1/s1. The first-order chi connectivity index (χ1) is 17.2. The number of hydrogen-bond acceptors (Lipinski definition) is 9. The lowest BCUT2D eigenvalue weighted by atomic mass is 9.88. The van der Waals surface area contributed by atoms with Crippen molar-refractivity contribution in [3.8, 4) is 6.01 Å². The van der Waals surface area contributed by atoms with Gasteiger partial charge in [-0.2, -0.15) is 9.97 Å². The smallest absolute Gasteiger partial charge is 0.319 e. The Morgan fingerprint density at radius 2 is 2.03 bits per heavy atom. The molecule has 2 aromatic heterocycles. The van der Waals surface area contributed by atoms with Crippen LogP contribution in [-0.2, 0) is 11.3 Å². The predicted molar refractivity (Wildman–Crippen MR) is 137 cm³/mol. The summed E-state index contributed by atoms with van der Waals surface area (Å²) in [6.45, 7) is 9.47. The van der Waals surface area contributed by atoms with Crippen LogP contribution in [0.25, 0.3) is 0 Å². The quantitative estimate of drug-likeness (QED) is 0.543. The van der Waals surface area contributed by atoms with Crippen LogP contribution in [0.1, 0.15) is 62.3 Å². The third kappa shape index (κ3) is 5.99. The van der Waals surface area contributed by atoms with Gasteiger partial charge in [-0.05, 0) is 52.7 Å². The Hall–Kier alpha value is -3.11. The fourth-order valence-electron chi connectivity index (χ4n) is 4.41. The van der Waals surface area contributed by atoms with Gasteiger partial charge in [0.15, 0.2) is 0 Å². The number of aliphatic imine (C=N–C) groups is 1. The van der Waals surface area contributed by atoms with Gasteiger partial charge >= 0.3 is 6.01 Å². The van der Waals surface area contributed by atoms with Gasteiger partial charge in [-0.15, -0.1) is 0 Å². The number of ether oxygens (including phenoxy) is 2. The fourth-order valence-corrected chi connectivity index (χ4v) is 4.41. The molecule has 2 atom stereocenters. The summed E-state index contributed by atoms with van der Waals surface area (Å²) < 4.78 is 11.0. The zero-order valence-electron chi connectivity index (χ0n) is 21.7. The molecule has 36 heavy (non-hydrogen) atoms. The number of anilines is 1. The van der Waals surface area contributed by atoms with Crippen molar-refractivity contribution in [1.29, 1.82) is 0 Å². The van der Waals surface area contributed by atoms with Crippen molar-refractivity contribution >= 4 is 17.4 Å². The first-order valence-corrected chi connectivity index (χ1v) is 12.5. The molecule has 1 saturated heterocycles. The van der Waals surface area contributed by atoms with E-state index < -0.39 is 17.6 Å². The minimum Gasteiger partial charge on any atom is -0.458 e. The van der Waals surface area contributed by atoms with Crippen molar-refractivity contribution in [2.24, 2.45) is 10.9 Å². The molecule has 4 rings (SSSR count). The number of aliphatic hydroxyl groups is 1. The van der Waals surface area contributed by atoms with Crippen LogP contribution in [0, 0.1) is 5.92 Å². The molecule has 194 valence electrons. The number of nitrogens with zero attached hydrogens (tertiary/aromatic N) is 5. The molecule has 0 spiro atoms. The first-order valence-electron chi connectivity index (χ1n) is 12.5. The lowest BCUT2D eigenvalue weighted by molar-refractivity contribution is 0.0406. The molecule has 1 amide bonds. The van der Waals surface area contributed by atoms with Gasteiger partial charge in [0.2, 0.25) is 0 Å². The molecule has 2 aliphatic heterocycles. The van der Waals surface area contributed by atoms with Crippen LogP contribution >= 0.6 is 0 Å². The van der Waals surface area contributed by atoms with Gasteiger partial charge in [0.1, 0.15) is 17.6 Å². The van der Waals surface area contributed by atoms with Gasteiger partial charge in [-0.25, -0.2) is 0 Å². The van der Waals surface area contributed by atoms with Crippen LogP contribution in [0.5, 0.6) is 6.01 Å². The number of rotatable bonds is 9. The number of pyridine rings is 1. The van der Waals surface area contributed by atoms with Crippen LogP contribution in [0.4, 0.5) is 5.82 Å². The number of hydrogen-bond donors (Lipinski definition) is 2. The van der Waals surface area contributed by atoms with Crippen molar-refractivity contribution in [2.75, 3.05) is 31.7 Å². The van der Waals surface area contributed by atoms with Crippen molar-refractivity contribution in [3.05, 3.63) is 41.3 Å². The van der Waals surface area contributed by atoms with Gasteiger partial charge in [0.25, 0.3) is 5.91 Å². The summed E-state index contributed by atoms with van der Waals surface area (Å²) in [7, 11) is 1.60. The molecule has 2 aromatic rings. The van der Waals surface area contributed by atoms with E-state index in [9.17, 15) is 9.90 Å². The van der Waals surface area contributed by atoms with E-state index >= 15 is 0 Å². The Morgan fingerprint density at radius 1 is 1.28 bits per heavy atom. The molecule has 0 aliphatic carbocycles. The van der Waals surface area contributed by atoms with Gasteiger partial charge < -0.3 is 24.8 Å². The molecule has 2 N–H and O–H groups in total. The SMILES string of the molecule is COC[C@@H](C)Oc1nc(C(=O)N[C@H](C)C(C)(C)O)cc(N2CCC(C3=NCc4ncccc43)CC2)n1. The molecule has 10 nitrogen and oxygen atoms in total. The number of fused-ring (bicyclic) bond motifs is 1. The maximum Gasteiger partial charge on any atom is 0.319 e.